The van der Waals surface area contributed by atoms with Crippen LogP contribution >= 0.6 is 15.9 Å². The standard InChI is InChI=1S/C31H43BrN2O3/c1-3-4-5-6-7-8-9-10-11-12-13-14-15-19-30(35)34-33-24-27-23-28(32)20-21-29(27)37-31(36)26-18-16-17-25(2)22-26/h16-18,20-24H,3-15,19H2,1-2H3,(H,34,35)/b33-24-. The van der Waals surface area contributed by atoms with E-state index in [2.05, 4.69) is 33.4 Å². The van der Waals surface area contributed by atoms with Gasteiger partial charge in [-0.05, 0) is 43.7 Å². The van der Waals surface area contributed by atoms with Crippen LogP contribution < -0.4 is 10.2 Å². The van der Waals surface area contributed by atoms with Crippen molar-refractivity contribution in [3.8, 4) is 5.75 Å². The summed E-state index contributed by atoms with van der Waals surface area (Å²) in [6.07, 6.45) is 18.6. The number of hydrogen-bond acceptors (Lipinski definition) is 4. The smallest absolute Gasteiger partial charge is 0.343 e. The summed E-state index contributed by atoms with van der Waals surface area (Å²) in [5.74, 6) is -0.163. The van der Waals surface area contributed by atoms with E-state index in [0.29, 0.717) is 23.3 Å². The van der Waals surface area contributed by atoms with E-state index in [1.165, 1.54) is 76.8 Å². The monoisotopic (exact) mass is 570 g/mol. The van der Waals surface area contributed by atoms with E-state index >= 15 is 0 Å². The zero-order chi connectivity index (χ0) is 26.7. The van der Waals surface area contributed by atoms with Crippen LogP contribution in [0.25, 0.3) is 0 Å². The van der Waals surface area contributed by atoms with Crippen molar-refractivity contribution in [1.82, 2.24) is 5.43 Å². The first-order valence-corrected chi connectivity index (χ1v) is 14.7. The second-order valence-corrected chi connectivity index (χ2v) is 10.6. The van der Waals surface area contributed by atoms with Gasteiger partial charge in [0.2, 0.25) is 5.91 Å². The number of carbonyl (C=O) groups excluding carboxylic acids is 2. The molecule has 0 fully saturated rings. The fourth-order valence-electron chi connectivity index (χ4n) is 4.18. The van der Waals surface area contributed by atoms with E-state index in [9.17, 15) is 9.59 Å². The van der Waals surface area contributed by atoms with E-state index in [1.807, 2.05) is 19.1 Å². The average Bonchev–Trinajstić information content (AvgIpc) is 2.88. The Labute approximate surface area is 231 Å². The van der Waals surface area contributed by atoms with Gasteiger partial charge in [-0.15, -0.1) is 0 Å². The molecule has 0 aliphatic carbocycles. The van der Waals surface area contributed by atoms with Crippen LogP contribution in [0, 0.1) is 6.92 Å². The zero-order valence-corrected chi connectivity index (χ0v) is 24.2. The Morgan fingerprint density at radius 3 is 2.11 bits per heavy atom. The van der Waals surface area contributed by atoms with E-state index in [4.69, 9.17) is 4.74 Å². The van der Waals surface area contributed by atoms with E-state index in [1.54, 1.807) is 30.3 Å². The number of esters is 1. The predicted molar refractivity (Wildman–Crippen MR) is 156 cm³/mol. The lowest BCUT2D eigenvalue weighted by Gasteiger charge is -2.08. The van der Waals surface area contributed by atoms with Crippen molar-refractivity contribution in [2.24, 2.45) is 5.10 Å². The van der Waals surface area contributed by atoms with Gasteiger partial charge in [-0.25, -0.2) is 10.2 Å². The Bertz CT molecular complexity index is 990. The largest absolute Gasteiger partial charge is 0.422 e. The average molecular weight is 572 g/mol. The van der Waals surface area contributed by atoms with Crippen LogP contribution in [-0.2, 0) is 4.79 Å². The van der Waals surface area contributed by atoms with Crippen LogP contribution in [0.2, 0.25) is 0 Å². The predicted octanol–water partition coefficient (Wildman–Crippen LogP) is 8.91. The number of hydrogen-bond donors (Lipinski definition) is 1. The number of rotatable bonds is 18. The summed E-state index contributed by atoms with van der Waals surface area (Å²) < 4.78 is 6.41. The van der Waals surface area contributed by atoms with Gasteiger partial charge in [-0.3, -0.25) is 4.79 Å². The van der Waals surface area contributed by atoms with Crippen LogP contribution in [0.5, 0.6) is 5.75 Å². The van der Waals surface area contributed by atoms with Crippen molar-refractivity contribution in [3.05, 3.63) is 63.6 Å². The third-order valence-electron chi connectivity index (χ3n) is 6.33. The fourth-order valence-corrected chi connectivity index (χ4v) is 4.56. The number of unbranched alkanes of at least 4 members (excludes halogenated alkanes) is 12. The van der Waals surface area contributed by atoms with E-state index < -0.39 is 5.97 Å². The summed E-state index contributed by atoms with van der Waals surface area (Å²) in [4.78, 5) is 24.7. The molecule has 2 rings (SSSR count). The molecule has 0 aliphatic heterocycles. The van der Waals surface area contributed by atoms with Gasteiger partial charge in [0.25, 0.3) is 0 Å². The molecule has 0 saturated carbocycles. The van der Waals surface area contributed by atoms with Gasteiger partial charge in [-0.1, -0.05) is 118 Å². The van der Waals surface area contributed by atoms with Gasteiger partial charge in [0.05, 0.1) is 11.8 Å². The molecule has 0 heterocycles. The van der Waals surface area contributed by atoms with Crippen LogP contribution in [0.4, 0.5) is 0 Å². The number of nitrogens with zero attached hydrogens (tertiary/aromatic N) is 1. The lowest BCUT2D eigenvalue weighted by Crippen LogP contribution is -2.17. The van der Waals surface area contributed by atoms with E-state index in [0.717, 1.165) is 22.9 Å². The Morgan fingerprint density at radius 2 is 1.49 bits per heavy atom. The maximum atomic E-state index is 12.5. The molecular weight excluding hydrogens is 528 g/mol. The number of nitrogens with one attached hydrogen (secondary N) is 1. The van der Waals surface area contributed by atoms with Crippen molar-refractivity contribution < 1.29 is 14.3 Å². The molecule has 0 radical (unpaired) electrons. The summed E-state index contributed by atoms with van der Waals surface area (Å²) >= 11 is 3.43. The molecule has 0 unspecified atom stereocenters. The number of hydrazone groups is 1. The van der Waals surface area contributed by atoms with Crippen molar-refractivity contribution in [2.45, 2.75) is 104 Å². The fraction of sp³-hybridized carbons (Fsp3) is 0.516. The highest BCUT2D eigenvalue weighted by Crippen LogP contribution is 2.23. The van der Waals surface area contributed by atoms with Gasteiger partial charge < -0.3 is 4.74 Å². The van der Waals surface area contributed by atoms with Crippen molar-refractivity contribution in [3.63, 3.8) is 0 Å². The number of carbonyl (C=O) groups is 2. The van der Waals surface area contributed by atoms with Gasteiger partial charge in [0.15, 0.2) is 0 Å². The van der Waals surface area contributed by atoms with Crippen molar-refractivity contribution >= 4 is 34.0 Å². The summed E-state index contributed by atoms with van der Waals surface area (Å²) in [6.45, 7) is 4.19. The highest BCUT2D eigenvalue weighted by Gasteiger charge is 2.12. The third kappa shape index (κ3) is 13.6. The molecule has 0 aliphatic rings. The summed E-state index contributed by atoms with van der Waals surface area (Å²) in [7, 11) is 0. The lowest BCUT2D eigenvalue weighted by atomic mass is 10.0. The van der Waals surface area contributed by atoms with Gasteiger partial charge >= 0.3 is 5.97 Å². The molecule has 6 heteroatoms. The Balaban J connectivity index is 1.63. The second-order valence-electron chi connectivity index (χ2n) is 9.73. The van der Waals surface area contributed by atoms with Crippen molar-refractivity contribution in [2.75, 3.05) is 0 Å². The SMILES string of the molecule is CCCCCCCCCCCCCCCC(=O)N/N=C\c1cc(Br)ccc1OC(=O)c1cccc(C)c1. The molecule has 2 aromatic carbocycles. The van der Waals surface area contributed by atoms with Crippen LogP contribution in [0.3, 0.4) is 0 Å². The topological polar surface area (TPSA) is 67.8 Å². The first-order chi connectivity index (χ1) is 18.0. The van der Waals surface area contributed by atoms with Crippen molar-refractivity contribution in [1.29, 1.82) is 0 Å². The lowest BCUT2D eigenvalue weighted by molar-refractivity contribution is -0.121. The zero-order valence-electron chi connectivity index (χ0n) is 22.6. The Morgan fingerprint density at radius 1 is 0.865 bits per heavy atom. The number of amides is 1. The minimum atomic E-state index is -0.438. The molecule has 0 spiro atoms. The first kappa shape index (κ1) is 30.8. The molecular formula is C31H43BrN2O3. The molecule has 202 valence electrons. The molecule has 1 amide bonds. The van der Waals surface area contributed by atoms with Crippen LogP contribution in [0.15, 0.2) is 52.0 Å². The van der Waals surface area contributed by atoms with Gasteiger partial charge in [0, 0.05) is 16.5 Å². The number of benzene rings is 2. The second kappa shape index (κ2) is 18.7. The molecule has 1 N–H and O–H groups in total. The summed E-state index contributed by atoms with van der Waals surface area (Å²) in [6, 6.07) is 12.5. The first-order valence-electron chi connectivity index (χ1n) is 13.9. The van der Waals surface area contributed by atoms with E-state index in [-0.39, 0.29) is 5.91 Å². The van der Waals surface area contributed by atoms with Gasteiger partial charge in [-0.2, -0.15) is 5.10 Å². The van der Waals surface area contributed by atoms with Gasteiger partial charge in [0.1, 0.15) is 5.75 Å². The highest BCUT2D eigenvalue weighted by atomic mass is 79.9. The molecule has 0 bridgehead atoms. The molecule has 0 atom stereocenters. The minimum absolute atomic E-state index is 0.104. The maximum Gasteiger partial charge on any atom is 0.343 e. The molecule has 0 saturated heterocycles. The summed E-state index contributed by atoms with van der Waals surface area (Å²) in [5.41, 5.74) is 4.65. The van der Waals surface area contributed by atoms with Crippen LogP contribution in [-0.4, -0.2) is 18.1 Å². The summed E-state index contributed by atoms with van der Waals surface area (Å²) in [5, 5.41) is 4.08. The molecule has 0 aromatic heterocycles. The molecule has 5 nitrogen and oxygen atoms in total. The number of halogens is 1. The quantitative estimate of drug-likeness (QED) is 0.0639. The molecule has 37 heavy (non-hydrogen) atoms. The number of aryl methyl sites for hydroxylation is 1. The number of ether oxygens (including phenoxy) is 1. The Hall–Kier alpha value is -2.47. The highest BCUT2D eigenvalue weighted by molar-refractivity contribution is 9.10. The maximum absolute atomic E-state index is 12.5. The normalized spacial score (nSPS) is 11.1. The van der Waals surface area contributed by atoms with Crippen LogP contribution in [0.1, 0.15) is 118 Å². The third-order valence-corrected chi connectivity index (χ3v) is 6.82. The molecule has 2 aromatic rings. The minimum Gasteiger partial charge on any atom is -0.422 e. The Kier molecular flexibility index (Phi) is 15.6.